The third-order valence-electron chi connectivity index (χ3n) is 4.82. The van der Waals surface area contributed by atoms with Crippen molar-refractivity contribution < 1.29 is 13.4 Å². The summed E-state index contributed by atoms with van der Waals surface area (Å²) in [6.45, 7) is 1.85. The minimum Gasteiger partial charge on any atom is -0.428 e. The van der Waals surface area contributed by atoms with Gasteiger partial charge in [-0.25, -0.2) is 18.1 Å². The fourth-order valence-corrected chi connectivity index (χ4v) is 4.94. The van der Waals surface area contributed by atoms with Gasteiger partial charge in [0.05, 0.1) is 11.5 Å². The van der Waals surface area contributed by atoms with E-state index < -0.39 is 17.1 Å². The maximum absolute atomic E-state index is 11.9. The van der Waals surface area contributed by atoms with Crippen LogP contribution in [-0.4, -0.2) is 48.0 Å². The highest BCUT2D eigenvalue weighted by molar-refractivity contribution is 7.89. The average Bonchev–Trinajstić information content (AvgIpc) is 3.00. The second-order valence-electron chi connectivity index (χ2n) is 6.66. The fraction of sp³-hybridized carbons (Fsp3) is 0.467. The Hall–Kier alpha value is -1.91. The molecule has 3 heterocycles. The van der Waals surface area contributed by atoms with Gasteiger partial charge in [0.25, 0.3) is 0 Å². The maximum Gasteiger partial charge on any atom is 0.465 e. The topological polar surface area (TPSA) is 119 Å². The third-order valence-corrected chi connectivity index (χ3v) is 6.46. The van der Waals surface area contributed by atoms with Gasteiger partial charge in [-0.1, -0.05) is 6.92 Å². The van der Waals surface area contributed by atoms with Crippen molar-refractivity contribution in [1.29, 1.82) is 0 Å². The maximum atomic E-state index is 11.9. The molecule has 2 aliphatic rings. The minimum atomic E-state index is -3.20. The SMILES string of the molecule is CCCS(=O)(=O)N[C@H]1C[C@@H](C2=NNB(O)c3cnc4[nH]ccc4c32)C1. The lowest BCUT2D eigenvalue weighted by Crippen LogP contribution is -2.54. The number of nitrogens with one attached hydrogen (secondary N) is 3. The summed E-state index contributed by atoms with van der Waals surface area (Å²) >= 11 is 0. The van der Waals surface area contributed by atoms with Gasteiger partial charge in [-0.15, -0.1) is 0 Å². The Labute approximate surface area is 146 Å². The molecule has 0 atom stereocenters. The fourth-order valence-electron chi connectivity index (χ4n) is 3.59. The van der Waals surface area contributed by atoms with E-state index in [2.05, 4.69) is 25.1 Å². The standard InChI is InChI=1S/C15H20BN5O3S/c1-2-5-25(23,24)20-10-6-9(7-10)14-13-11-3-4-17-15(11)18-8-12(13)16(22)21-19-14/h3-4,8-10,20-22H,2,5-7H2,1H3,(H,17,18)/t9-,10+. The van der Waals surface area contributed by atoms with E-state index in [1.165, 1.54) is 0 Å². The van der Waals surface area contributed by atoms with Crippen molar-refractivity contribution in [2.45, 2.75) is 32.2 Å². The highest BCUT2D eigenvalue weighted by Gasteiger charge is 2.39. The first-order valence-electron chi connectivity index (χ1n) is 8.46. The Balaban J connectivity index is 1.57. The number of fused-ring (bicyclic) bond motifs is 3. The normalized spacial score (nSPS) is 23.0. The molecule has 0 spiro atoms. The van der Waals surface area contributed by atoms with Gasteiger partial charge in [0.15, 0.2) is 0 Å². The van der Waals surface area contributed by atoms with Gasteiger partial charge in [-0.05, 0) is 25.3 Å². The summed E-state index contributed by atoms with van der Waals surface area (Å²) < 4.78 is 26.6. The van der Waals surface area contributed by atoms with Crippen LogP contribution in [0.1, 0.15) is 31.7 Å². The highest BCUT2D eigenvalue weighted by atomic mass is 32.2. The van der Waals surface area contributed by atoms with Crippen molar-refractivity contribution in [1.82, 2.24) is 20.0 Å². The number of aromatic nitrogens is 2. The first-order chi connectivity index (χ1) is 12.0. The number of hydrogen-bond acceptors (Lipinski definition) is 6. The van der Waals surface area contributed by atoms with Crippen LogP contribution in [0.5, 0.6) is 0 Å². The molecule has 2 aromatic heterocycles. The molecule has 8 nitrogen and oxygen atoms in total. The molecule has 10 heteroatoms. The van der Waals surface area contributed by atoms with Crippen molar-refractivity contribution >= 4 is 39.3 Å². The van der Waals surface area contributed by atoms with Crippen molar-refractivity contribution in [2.24, 2.45) is 11.0 Å². The van der Waals surface area contributed by atoms with Crippen molar-refractivity contribution in [2.75, 3.05) is 5.75 Å². The van der Waals surface area contributed by atoms with E-state index in [0.717, 1.165) is 22.3 Å². The van der Waals surface area contributed by atoms with Crippen LogP contribution in [0.3, 0.4) is 0 Å². The molecule has 0 aromatic carbocycles. The van der Waals surface area contributed by atoms with E-state index in [-0.39, 0.29) is 17.7 Å². The predicted molar refractivity (Wildman–Crippen MR) is 97.1 cm³/mol. The quantitative estimate of drug-likeness (QED) is 0.544. The van der Waals surface area contributed by atoms with Crippen molar-refractivity contribution in [3.05, 3.63) is 24.0 Å². The Kier molecular flexibility index (Phi) is 4.05. The molecule has 0 amide bonds. The molecule has 1 aliphatic carbocycles. The number of aromatic amines is 1. The van der Waals surface area contributed by atoms with Crippen LogP contribution < -0.4 is 15.5 Å². The monoisotopic (exact) mass is 361 g/mol. The van der Waals surface area contributed by atoms with Crippen LogP contribution in [-0.2, 0) is 10.0 Å². The Morgan fingerprint density at radius 3 is 3.00 bits per heavy atom. The van der Waals surface area contributed by atoms with E-state index in [0.29, 0.717) is 24.7 Å². The van der Waals surface area contributed by atoms with E-state index >= 15 is 0 Å². The molecule has 2 aromatic rings. The van der Waals surface area contributed by atoms with Gasteiger partial charge in [-0.2, -0.15) is 5.10 Å². The largest absolute Gasteiger partial charge is 0.465 e. The third kappa shape index (κ3) is 2.94. The molecular weight excluding hydrogens is 341 g/mol. The van der Waals surface area contributed by atoms with Crippen LogP contribution in [0.15, 0.2) is 23.6 Å². The Morgan fingerprint density at radius 1 is 1.44 bits per heavy atom. The van der Waals surface area contributed by atoms with E-state index in [1.807, 2.05) is 19.2 Å². The van der Waals surface area contributed by atoms with Gasteiger partial charge in [0, 0.05) is 40.8 Å². The number of pyridine rings is 1. The summed E-state index contributed by atoms with van der Waals surface area (Å²) in [6, 6.07) is 1.87. The zero-order valence-corrected chi connectivity index (χ0v) is 14.7. The minimum absolute atomic E-state index is 0.0527. The molecule has 1 aliphatic heterocycles. The summed E-state index contributed by atoms with van der Waals surface area (Å²) in [6.07, 6.45) is 5.47. The van der Waals surface area contributed by atoms with Crippen LogP contribution in [0.2, 0.25) is 0 Å². The summed E-state index contributed by atoms with van der Waals surface area (Å²) in [7, 11) is -4.09. The van der Waals surface area contributed by atoms with Crippen molar-refractivity contribution in [3.8, 4) is 0 Å². The summed E-state index contributed by atoms with van der Waals surface area (Å²) in [5, 5.41) is 18.2. The number of hydrazone groups is 1. The van der Waals surface area contributed by atoms with Crippen LogP contribution >= 0.6 is 0 Å². The van der Waals surface area contributed by atoms with E-state index in [1.54, 1.807) is 6.20 Å². The molecule has 1 saturated carbocycles. The van der Waals surface area contributed by atoms with Crippen LogP contribution in [0.4, 0.5) is 0 Å². The zero-order chi connectivity index (χ0) is 17.6. The lowest BCUT2D eigenvalue weighted by atomic mass is 9.66. The van der Waals surface area contributed by atoms with Gasteiger partial charge < -0.3 is 15.3 Å². The molecule has 0 radical (unpaired) electrons. The lowest BCUT2D eigenvalue weighted by molar-refractivity contribution is 0.319. The van der Waals surface area contributed by atoms with Crippen LogP contribution in [0, 0.1) is 5.92 Å². The van der Waals surface area contributed by atoms with E-state index in [4.69, 9.17) is 0 Å². The smallest absolute Gasteiger partial charge is 0.428 e. The van der Waals surface area contributed by atoms with Crippen LogP contribution in [0.25, 0.3) is 11.0 Å². The summed E-state index contributed by atoms with van der Waals surface area (Å²) in [5.74, 6) is 0.301. The predicted octanol–water partition coefficient (Wildman–Crippen LogP) is -0.334. The van der Waals surface area contributed by atoms with Gasteiger partial charge in [0.1, 0.15) is 5.65 Å². The molecular formula is C15H20BN5O3S. The molecule has 25 heavy (non-hydrogen) atoms. The molecule has 4 N–H and O–H groups in total. The lowest BCUT2D eigenvalue weighted by Gasteiger charge is -2.38. The molecule has 0 unspecified atom stereocenters. The Morgan fingerprint density at radius 2 is 2.24 bits per heavy atom. The number of hydrogen-bond donors (Lipinski definition) is 4. The number of nitrogens with zero attached hydrogens (tertiary/aromatic N) is 2. The zero-order valence-electron chi connectivity index (χ0n) is 13.9. The summed E-state index contributed by atoms with van der Waals surface area (Å²) in [5.41, 5.74) is 3.21. The second-order valence-corrected chi connectivity index (χ2v) is 8.53. The highest BCUT2D eigenvalue weighted by Crippen LogP contribution is 2.33. The first kappa shape index (κ1) is 16.6. The molecule has 4 rings (SSSR count). The number of sulfonamides is 1. The van der Waals surface area contributed by atoms with Crippen molar-refractivity contribution in [3.63, 3.8) is 0 Å². The van der Waals surface area contributed by atoms with Gasteiger partial charge >= 0.3 is 7.05 Å². The summed E-state index contributed by atoms with van der Waals surface area (Å²) in [4.78, 5) is 7.40. The molecule has 1 fully saturated rings. The van der Waals surface area contributed by atoms with E-state index in [9.17, 15) is 13.4 Å². The molecule has 0 bridgehead atoms. The molecule has 132 valence electrons. The first-order valence-corrected chi connectivity index (χ1v) is 10.1. The molecule has 0 saturated heterocycles. The number of rotatable bonds is 5. The van der Waals surface area contributed by atoms with Gasteiger partial charge in [0.2, 0.25) is 10.0 Å². The Bertz CT molecular complexity index is 936. The average molecular weight is 361 g/mol. The van der Waals surface area contributed by atoms with Gasteiger partial charge in [-0.3, -0.25) is 0 Å². The second kappa shape index (κ2) is 6.12. The number of H-pyrrole nitrogens is 1.